The summed E-state index contributed by atoms with van der Waals surface area (Å²) < 4.78 is 30.9. The summed E-state index contributed by atoms with van der Waals surface area (Å²) in [6.45, 7) is 1.97. The van der Waals surface area contributed by atoms with Crippen molar-refractivity contribution in [3.8, 4) is 0 Å². The van der Waals surface area contributed by atoms with Crippen molar-refractivity contribution in [3.05, 3.63) is 39.9 Å². The van der Waals surface area contributed by atoms with Crippen LogP contribution in [0, 0.1) is 10.1 Å². The van der Waals surface area contributed by atoms with E-state index in [1.807, 2.05) is 0 Å². The number of ether oxygens (including phenoxy) is 1. The number of rotatable bonds is 7. The molecular formula is C11H16N2O5S. The van der Waals surface area contributed by atoms with Crippen LogP contribution in [-0.2, 0) is 20.5 Å². The summed E-state index contributed by atoms with van der Waals surface area (Å²) >= 11 is 0. The third-order valence-corrected chi connectivity index (χ3v) is 3.78. The Kier molecular flexibility index (Phi) is 5.40. The monoisotopic (exact) mass is 288 g/mol. The smallest absolute Gasteiger partial charge is 0.269 e. The second-order valence-corrected chi connectivity index (χ2v) is 5.91. The molecule has 1 aromatic carbocycles. The maximum Gasteiger partial charge on any atom is 0.269 e. The first-order valence-electron chi connectivity index (χ1n) is 5.56. The molecule has 1 atom stereocenters. The Balaban J connectivity index is 2.70. The first-order chi connectivity index (χ1) is 8.84. The van der Waals surface area contributed by atoms with E-state index in [1.165, 1.54) is 31.4 Å². The van der Waals surface area contributed by atoms with E-state index >= 15 is 0 Å². The maximum absolute atomic E-state index is 11.8. The van der Waals surface area contributed by atoms with E-state index in [0.29, 0.717) is 5.56 Å². The summed E-state index contributed by atoms with van der Waals surface area (Å²) in [5.74, 6) is -0.223. The van der Waals surface area contributed by atoms with Crippen LogP contribution in [0.15, 0.2) is 24.3 Å². The molecule has 106 valence electrons. The molecule has 0 amide bonds. The molecule has 0 radical (unpaired) electrons. The molecule has 1 aromatic rings. The van der Waals surface area contributed by atoms with Gasteiger partial charge in [-0.15, -0.1) is 0 Å². The molecule has 0 spiro atoms. The third kappa shape index (κ3) is 5.33. The first kappa shape index (κ1) is 15.5. The number of hydrogen-bond acceptors (Lipinski definition) is 5. The predicted octanol–water partition coefficient (Wildman–Crippen LogP) is 1.05. The summed E-state index contributed by atoms with van der Waals surface area (Å²) in [6, 6.07) is 5.09. The van der Waals surface area contributed by atoms with Gasteiger partial charge in [-0.05, 0) is 12.5 Å². The molecule has 1 N–H and O–H groups in total. The zero-order chi connectivity index (χ0) is 14.5. The van der Waals surface area contributed by atoms with Crippen molar-refractivity contribution in [1.29, 1.82) is 0 Å². The Labute approximate surface area is 111 Å². The Morgan fingerprint density at radius 2 is 1.95 bits per heavy atom. The molecule has 0 bridgehead atoms. The van der Waals surface area contributed by atoms with E-state index in [0.717, 1.165) is 0 Å². The number of methoxy groups -OCH3 is 1. The molecule has 0 aromatic heterocycles. The highest BCUT2D eigenvalue weighted by molar-refractivity contribution is 7.88. The van der Waals surface area contributed by atoms with Crippen LogP contribution in [0.1, 0.15) is 12.5 Å². The molecule has 8 heteroatoms. The zero-order valence-electron chi connectivity index (χ0n) is 10.7. The Morgan fingerprint density at radius 3 is 2.42 bits per heavy atom. The van der Waals surface area contributed by atoms with E-state index in [2.05, 4.69) is 4.72 Å². The molecule has 0 aliphatic heterocycles. The molecule has 1 rings (SSSR count). The number of non-ortho nitro benzene ring substituents is 1. The number of nitrogens with one attached hydrogen (secondary N) is 1. The van der Waals surface area contributed by atoms with E-state index in [9.17, 15) is 18.5 Å². The largest absolute Gasteiger partial charge is 0.383 e. The van der Waals surface area contributed by atoms with Crippen molar-refractivity contribution < 1.29 is 18.1 Å². The number of sulfonamides is 1. The van der Waals surface area contributed by atoms with E-state index in [4.69, 9.17) is 4.74 Å². The van der Waals surface area contributed by atoms with Gasteiger partial charge >= 0.3 is 0 Å². The summed E-state index contributed by atoms with van der Waals surface area (Å²) in [6.07, 6.45) is 0. The normalized spacial score (nSPS) is 13.2. The highest BCUT2D eigenvalue weighted by Gasteiger charge is 2.15. The number of nitro groups is 1. The minimum absolute atomic E-state index is 0.0677. The minimum atomic E-state index is -3.49. The molecule has 0 saturated heterocycles. The van der Waals surface area contributed by atoms with Gasteiger partial charge < -0.3 is 4.74 Å². The fraction of sp³-hybridized carbons (Fsp3) is 0.455. The van der Waals surface area contributed by atoms with Crippen LogP contribution in [0.25, 0.3) is 0 Å². The van der Waals surface area contributed by atoms with Crippen LogP contribution < -0.4 is 4.72 Å². The van der Waals surface area contributed by atoms with Gasteiger partial charge in [-0.3, -0.25) is 10.1 Å². The van der Waals surface area contributed by atoms with Crippen LogP contribution >= 0.6 is 0 Å². The Hall–Kier alpha value is -1.51. The lowest BCUT2D eigenvalue weighted by molar-refractivity contribution is -0.384. The fourth-order valence-electron chi connectivity index (χ4n) is 1.57. The van der Waals surface area contributed by atoms with Gasteiger partial charge in [0.2, 0.25) is 10.0 Å². The van der Waals surface area contributed by atoms with Gasteiger partial charge in [-0.25, -0.2) is 13.1 Å². The lowest BCUT2D eigenvalue weighted by Crippen LogP contribution is -2.36. The molecule has 0 fully saturated rings. The van der Waals surface area contributed by atoms with Gasteiger partial charge in [0.25, 0.3) is 5.69 Å². The molecular weight excluding hydrogens is 272 g/mol. The lowest BCUT2D eigenvalue weighted by Gasteiger charge is -2.13. The minimum Gasteiger partial charge on any atom is -0.383 e. The quantitative estimate of drug-likeness (QED) is 0.597. The zero-order valence-corrected chi connectivity index (χ0v) is 11.5. The van der Waals surface area contributed by atoms with Crippen LogP contribution in [-0.4, -0.2) is 33.1 Å². The van der Waals surface area contributed by atoms with Crippen molar-refractivity contribution in [2.45, 2.75) is 18.7 Å². The van der Waals surface area contributed by atoms with Crippen molar-refractivity contribution in [2.75, 3.05) is 13.7 Å². The van der Waals surface area contributed by atoms with Crippen LogP contribution in [0.2, 0.25) is 0 Å². The van der Waals surface area contributed by atoms with Gasteiger partial charge in [-0.2, -0.15) is 0 Å². The maximum atomic E-state index is 11.8. The van der Waals surface area contributed by atoms with Gasteiger partial charge in [0.15, 0.2) is 0 Å². The van der Waals surface area contributed by atoms with Gasteiger partial charge in [0.05, 0.1) is 17.3 Å². The number of hydrogen-bond donors (Lipinski definition) is 1. The summed E-state index contributed by atoms with van der Waals surface area (Å²) in [5.41, 5.74) is 0.421. The van der Waals surface area contributed by atoms with Crippen molar-refractivity contribution in [3.63, 3.8) is 0 Å². The molecule has 19 heavy (non-hydrogen) atoms. The van der Waals surface area contributed by atoms with Gasteiger partial charge in [0.1, 0.15) is 0 Å². The van der Waals surface area contributed by atoms with E-state index in [1.54, 1.807) is 6.92 Å². The van der Waals surface area contributed by atoms with Gasteiger partial charge in [0, 0.05) is 25.3 Å². The summed E-state index contributed by atoms with van der Waals surface area (Å²) in [7, 11) is -2.00. The second kappa shape index (κ2) is 6.60. The number of nitro benzene ring substituents is 1. The van der Waals surface area contributed by atoms with E-state index < -0.39 is 14.9 Å². The van der Waals surface area contributed by atoms with Crippen LogP contribution in [0.3, 0.4) is 0 Å². The van der Waals surface area contributed by atoms with Gasteiger partial charge in [-0.1, -0.05) is 12.1 Å². The number of nitrogens with zero attached hydrogens (tertiary/aromatic N) is 1. The highest BCUT2D eigenvalue weighted by atomic mass is 32.2. The lowest BCUT2D eigenvalue weighted by atomic mass is 10.2. The molecule has 0 saturated carbocycles. The molecule has 1 unspecified atom stereocenters. The second-order valence-electron chi connectivity index (χ2n) is 4.16. The van der Waals surface area contributed by atoms with Crippen molar-refractivity contribution >= 4 is 15.7 Å². The topological polar surface area (TPSA) is 98.5 Å². The molecule has 0 heterocycles. The molecule has 0 aliphatic rings. The predicted molar refractivity (Wildman–Crippen MR) is 70.2 cm³/mol. The highest BCUT2D eigenvalue weighted by Crippen LogP contribution is 2.13. The average molecular weight is 288 g/mol. The van der Waals surface area contributed by atoms with Crippen molar-refractivity contribution in [2.24, 2.45) is 0 Å². The van der Waals surface area contributed by atoms with Crippen molar-refractivity contribution in [1.82, 2.24) is 4.72 Å². The Morgan fingerprint density at radius 1 is 1.37 bits per heavy atom. The van der Waals surface area contributed by atoms with E-state index in [-0.39, 0.29) is 24.1 Å². The average Bonchev–Trinajstić information content (AvgIpc) is 2.28. The Bertz CT molecular complexity index is 527. The summed E-state index contributed by atoms with van der Waals surface area (Å²) in [4.78, 5) is 9.95. The molecule has 7 nitrogen and oxygen atoms in total. The van der Waals surface area contributed by atoms with Crippen LogP contribution in [0.5, 0.6) is 0 Å². The first-order valence-corrected chi connectivity index (χ1v) is 7.21. The third-order valence-electron chi connectivity index (χ3n) is 2.30. The number of benzene rings is 1. The van der Waals surface area contributed by atoms with Crippen LogP contribution in [0.4, 0.5) is 5.69 Å². The SMILES string of the molecule is COCC(C)NS(=O)(=O)Cc1ccc([N+](=O)[O-])cc1. The fourth-order valence-corrected chi connectivity index (χ4v) is 2.96. The summed E-state index contributed by atoms with van der Waals surface area (Å²) in [5, 5.41) is 10.5. The standard InChI is InChI=1S/C11H16N2O5S/c1-9(7-18-2)12-19(16,17)8-10-3-5-11(6-4-10)13(14)15/h3-6,9,12H,7-8H2,1-2H3. The molecule has 0 aliphatic carbocycles.